The van der Waals surface area contributed by atoms with Crippen molar-refractivity contribution in [3.63, 3.8) is 0 Å². The largest absolute Gasteiger partial charge is 0.497 e. The quantitative estimate of drug-likeness (QED) is 0.361. The fourth-order valence-corrected chi connectivity index (χ4v) is 1.02. The highest BCUT2D eigenvalue weighted by molar-refractivity contribution is 6.84. The molecule has 0 aromatic heterocycles. The number of nitrogens with zero attached hydrogens (tertiary/aromatic N) is 1. The number of methoxy groups -OCH3 is 1. The van der Waals surface area contributed by atoms with Crippen LogP contribution in [0.2, 0.25) is 0 Å². The molecule has 0 saturated carbocycles. The fourth-order valence-electron chi connectivity index (χ4n) is 0.907. The van der Waals surface area contributed by atoms with E-state index in [0.717, 1.165) is 0 Å². The highest BCUT2D eigenvalue weighted by atomic mass is 35.5. The predicted molar refractivity (Wildman–Crippen MR) is 52.4 cm³/mol. The van der Waals surface area contributed by atoms with Crippen LogP contribution in [0.1, 0.15) is 10.4 Å². The van der Waals surface area contributed by atoms with Gasteiger partial charge in [0.2, 0.25) is 11.0 Å². The lowest BCUT2D eigenvalue weighted by Gasteiger charge is -2.00. The van der Waals surface area contributed by atoms with Crippen LogP contribution >= 0.6 is 11.6 Å². The van der Waals surface area contributed by atoms with Gasteiger partial charge in [0.25, 0.3) is 0 Å². The average molecular weight is 214 g/mol. The van der Waals surface area contributed by atoms with Crippen molar-refractivity contribution in [3.8, 4) is 5.75 Å². The molecule has 1 aromatic rings. The van der Waals surface area contributed by atoms with Crippen molar-refractivity contribution in [1.82, 2.24) is 0 Å². The van der Waals surface area contributed by atoms with E-state index in [1.807, 2.05) is 0 Å². The first-order valence-electron chi connectivity index (χ1n) is 3.75. The average Bonchev–Trinajstić information content (AvgIpc) is 2.27. The van der Waals surface area contributed by atoms with E-state index < -0.39 is 11.0 Å². The van der Waals surface area contributed by atoms with Crippen molar-refractivity contribution in [1.29, 1.82) is 0 Å². The molecule has 0 heterocycles. The van der Waals surface area contributed by atoms with Crippen LogP contribution in [0.4, 0.5) is 0 Å². The monoisotopic (exact) mass is 213 g/mol. The molecule has 4 nitrogen and oxygen atoms in total. The third-order valence-electron chi connectivity index (χ3n) is 1.63. The number of carbonyl (C=O) groups is 1. The van der Waals surface area contributed by atoms with Crippen LogP contribution in [0.3, 0.4) is 0 Å². The zero-order chi connectivity index (χ0) is 10.6. The Labute approximate surface area is 85.7 Å². The summed E-state index contributed by atoms with van der Waals surface area (Å²) in [5.41, 5.74) is 0.341. The second-order valence-electron chi connectivity index (χ2n) is 2.45. The normalized spacial score (nSPS) is 11.1. The molecule has 0 aliphatic heterocycles. The zero-order valence-corrected chi connectivity index (χ0v) is 8.15. The summed E-state index contributed by atoms with van der Waals surface area (Å²) in [6.45, 7) is 0. The number of benzene rings is 1. The van der Waals surface area contributed by atoms with Gasteiger partial charge in [0.1, 0.15) is 5.75 Å². The summed E-state index contributed by atoms with van der Waals surface area (Å²) in [5, 5.41) is 10.4. The molecule has 14 heavy (non-hydrogen) atoms. The molecule has 0 unspecified atom stereocenters. The molecule has 1 rings (SSSR count). The van der Waals surface area contributed by atoms with Crippen LogP contribution in [0.25, 0.3) is 0 Å². The Morgan fingerprint density at radius 2 is 2.00 bits per heavy atom. The van der Waals surface area contributed by atoms with E-state index in [0.29, 0.717) is 11.3 Å². The standard InChI is InChI=1S/C9H8ClNO3/c1-14-7-4-2-6(3-5-7)8(12)9(10)11-13/h2-5,13H,1H3. The van der Waals surface area contributed by atoms with E-state index in [2.05, 4.69) is 5.16 Å². The summed E-state index contributed by atoms with van der Waals surface area (Å²) in [6.07, 6.45) is 0. The number of oxime groups is 1. The predicted octanol–water partition coefficient (Wildman–Crippen LogP) is 1.90. The molecule has 0 bridgehead atoms. The molecule has 0 saturated heterocycles. The van der Waals surface area contributed by atoms with Gasteiger partial charge in [-0.2, -0.15) is 0 Å². The maximum Gasteiger partial charge on any atom is 0.226 e. The lowest BCUT2D eigenvalue weighted by Crippen LogP contribution is -2.07. The van der Waals surface area contributed by atoms with Gasteiger partial charge in [-0.05, 0) is 24.3 Å². The zero-order valence-electron chi connectivity index (χ0n) is 7.40. The highest BCUT2D eigenvalue weighted by Crippen LogP contribution is 2.12. The minimum absolute atomic E-state index is 0.341. The summed E-state index contributed by atoms with van der Waals surface area (Å²) >= 11 is 5.34. The van der Waals surface area contributed by atoms with E-state index in [1.54, 1.807) is 12.1 Å². The molecule has 0 amide bonds. The molecule has 0 fully saturated rings. The minimum Gasteiger partial charge on any atom is -0.497 e. The molecular weight excluding hydrogens is 206 g/mol. The van der Waals surface area contributed by atoms with Gasteiger partial charge in [0, 0.05) is 5.56 Å². The number of carbonyl (C=O) groups excluding carboxylic acids is 1. The Kier molecular flexibility index (Phi) is 3.48. The number of ether oxygens (including phenoxy) is 1. The number of rotatable bonds is 3. The third-order valence-corrected chi connectivity index (χ3v) is 1.87. The van der Waals surface area contributed by atoms with Crippen LogP contribution in [-0.2, 0) is 0 Å². The highest BCUT2D eigenvalue weighted by Gasteiger charge is 2.11. The number of ketones is 1. The van der Waals surface area contributed by atoms with E-state index >= 15 is 0 Å². The van der Waals surface area contributed by atoms with Gasteiger partial charge < -0.3 is 9.94 Å². The summed E-state index contributed by atoms with van der Waals surface area (Å²) in [5.74, 6) is 0.107. The Morgan fingerprint density at radius 1 is 1.43 bits per heavy atom. The van der Waals surface area contributed by atoms with Crippen molar-refractivity contribution in [2.45, 2.75) is 0 Å². The summed E-state index contributed by atoms with van der Waals surface area (Å²) < 4.78 is 4.91. The summed E-state index contributed by atoms with van der Waals surface area (Å²) in [7, 11) is 1.53. The number of hydrogen-bond donors (Lipinski definition) is 1. The first kappa shape index (κ1) is 10.5. The van der Waals surface area contributed by atoms with Crippen molar-refractivity contribution < 1.29 is 14.7 Å². The molecule has 0 aliphatic rings. The molecule has 1 aromatic carbocycles. The van der Waals surface area contributed by atoms with Crippen LogP contribution < -0.4 is 4.74 Å². The van der Waals surface area contributed by atoms with Crippen LogP contribution in [0, 0.1) is 0 Å². The molecule has 0 aliphatic carbocycles. The van der Waals surface area contributed by atoms with Gasteiger partial charge in [-0.25, -0.2) is 0 Å². The fraction of sp³-hybridized carbons (Fsp3) is 0.111. The maximum absolute atomic E-state index is 11.3. The Balaban J connectivity index is 2.92. The maximum atomic E-state index is 11.3. The van der Waals surface area contributed by atoms with Crippen LogP contribution in [0.5, 0.6) is 5.75 Å². The molecule has 0 spiro atoms. The topological polar surface area (TPSA) is 58.9 Å². The van der Waals surface area contributed by atoms with E-state index in [4.69, 9.17) is 21.5 Å². The van der Waals surface area contributed by atoms with Crippen LogP contribution in [0.15, 0.2) is 29.4 Å². The molecular formula is C9H8ClNO3. The summed E-state index contributed by atoms with van der Waals surface area (Å²) in [6, 6.07) is 6.31. The summed E-state index contributed by atoms with van der Waals surface area (Å²) in [4.78, 5) is 11.3. The SMILES string of the molecule is COc1ccc(C(=O)C(Cl)=NO)cc1. The second kappa shape index (κ2) is 4.62. The number of Topliss-reactive ketones (excluding diaryl/α,β-unsaturated/α-hetero) is 1. The van der Waals surface area contributed by atoms with Crippen molar-refractivity contribution in [2.24, 2.45) is 5.16 Å². The van der Waals surface area contributed by atoms with Gasteiger partial charge in [-0.15, -0.1) is 0 Å². The first-order chi connectivity index (χ1) is 6.69. The number of hydrogen-bond acceptors (Lipinski definition) is 4. The van der Waals surface area contributed by atoms with Crippen LogP contribution in [-0.4, -0.2) is 23.3 Å². The van der Waals surface area contributed by atoms with Gasteiger partial charge in [-0.3, -0.25) is 4.79 Å². The van der Waals surface area contributed by atoms with Crippen molar-refractivity contribution in [2.75, 3.05) is 7.11 Å². The van der Waals surface area contributed by atoms with Gasteiger partial charge >= 0.3 is 0 Å². The molecule has 1 N–H and O–H groups in total. The van der Waals surface area contributed by atoms with Crippen molar-refractivity contribution in [3.05, 3.63) is 29.8 Å². The lowest BCUT2D eigenvalue weighted by atomic mass is 10.1. The van der Waals surface area contributed by atoms with E-state index in [1.165, 1.54) is 19.2 Å². The van der Waals surface area contributed by atoms with Crippen molar-refractivity contribution >= 4 is 22.6 Å². The lowest BCUT2D eigenvalue weighted by molar-refractivity contribution is 0.106. The second-order valence-corrected chi connectivity index (χ2v) is 2.81. The smallest absolute Gasteiger partial charge is 0.226 e. The molecule has 0 atom stereocenters. The van der Waals surface area contributed by atoms with Gasteiger partial charge in [-0.1, -0.05) is 16.8 Å². The Hall–Kier alpha value is -1.55. The Morgan fingerprint density at radius 3 is 2.43 bits per heavy atom. The van der Waals surface area contributed by atoms with Gasteiger partial charge in [0.05, 0.1) is 7.11 Å². The Bertz CT molecular complexity index is 359. The van der Waals surface area contributed by atoms with Gasteiger partial charge in [0.15, 0.2) is 0 Å². The third kappa shape index (κ3) is 2.23. The molecule has 5 heteroatoms. The molecule has 0 radical (unpaired) electrons. The van der Waals surface area contributed by atoms with E-state index in [-0.39, 0.29) is 0 Å². The minimum atomic E-state index is -0.531. The molecule has 74 valence electrons. The number of halogens is 1. The first-order valence-corrected chi connectivity index (χ1v) is 4.13. The van der Waals surface area contributed by atoms with E-state index in [9.17, 15) is 4.79 Å².